The van der Waals surface area contributed by atoms with Gasteiger partial charge in [-0.15, -0.1) is 10.2 Å². The van der Waals surface area contributed by atoms with Gasteiger partial charge in [0.05, 0.1) is 0 Å². The second-order valence-electron chi connectivity index (χ2n) is 6.19. The molecule has 0 saturated heterocycles. The summed E-state index contributed by atoms with van der Waals surface area (Å²) in [6.07, 6.45) is 3.67. The molecular weight excluding hydrogens is 302 g/mol. The molecule has 0 radical (unpaired) electrons. The Bertz CT molecular complexity index is 815. The first-order valence-corrected chi connectivity index (χ1v) is 9.38. The van der Waals surface area contributed by atoms with Crippen molar-refractivity contribution in [3.8, 4) is 0 Å². The van der Waals surface area contributed by atoms with Crippen LogP contribution in [0.5, 0.6) is 0 Å². The molecule has 1 saturated carbocycles. The average molecular weight is 323 g/mol. The lowest BCUT2D eigenvalue weighted by Gasteiger charge is -2.09. The molecule has 0 N–H and O–H groups in total. The highest BCUT2D eigenvalue weighted by Crippen LogP contribution is 2.40. The molecule has 23 heavy (non-hydrogen) atoms. The minimum Gasteiger partial charge on any atom is -0.306 e. The molecule has 3 aromatic rings. The lowest BCUT2D eigenvalue weighted by molar-refractivity contribution is 0.592. The molecule has 0 spiro atoms. The van der Waals surface area contributed by atoms with E-state index >= 15 is 0 Å². The van der Waals surface area contributed by atoms with Gasteiger partial charge in [-0.25, -0.2) is 0 Å². The van der Waals surface area contributed by atoms with Crippen LogP contribution >= 0.6 is 11.8 Å². The number of hydrogen-bond donors (Lipinski definition) is 0. The van der Waals surface area contributed by atoms with Crippen LogP contribution in [0.15, 0.2) is 47.6 Å². The summed E-state index contributed by atoms with van der Waals surface area (Å²) in [5.74, 6) is 2.79. The Balaban J connectivity index is 1.59. The molecular formula is C19H21N3S. The average Bonchev–Trinajstić information content (AvgIpc) is 3.36. The van der Waals surface area contributed by atoms with Gasteiger partial charge in [0.1, 0.15) is 5.82 Å². The van der Waals surface area contributed by atoms with Crippen molar-refractivity contribution in [3.63, 3.8) is 0 Å². The number of nitrogens with zero attached hydrogens (tertiary/aromatic N) is 3. The Labute approximate surface area is 141 Å². The van der Waals surface area contributed by atoms with Gasteiger partial charge >= 0.3 is 0 Å². The van der Waals surface area contributed by atoms with Crippen molar-refractivity contribution in [2.24, 2.45) is 0 Å². The Morgan fingerprint density at radius 2 is 1.91 bits per heavy atom. The molecule has 0 bridgehead atoms. The van der Waals surface area contributed by atoms with E-state index in [4.69, 9.17) is 0 Å². The van der Waals surface area contributed by atoms with Crippen molar-refractivity contribution in [2.75, 3.05) is 0 Å². The number of aromatic nitrogens is 3. The highest BCUT2D eigenvalue weighted by Gasteiger charge is 2.30. The lowest BCUT2D eigenvalue weighted by atomic mass is 10.1. The first-order chi connectivity index (χ1) is 11.4. The molecule has 1 aliphatic carbocycles. The SMILES string of the molecule is CCCn1c(SCc2cccc3ccccc23)nnc1C1CC1. The summed E-state index contributed by atoms with van der Waals surface area (Å²) >= 11 is 1.81. The summed E-state index contributed by atoms with van der Waals surface area (Å²) < 4.78 is 2.34. The summed E-state index contributed by atoms with van der Waals surface area (Å²) in [6.45, 7) is 3.24. The fraction of sp³-hybridized carbons (Fsp3) is 0.368. The van der Waals surface area contributed by atoms with Crippen molar-refractivity contribution in [3.05, 3.63) is 53.9 Å². The molecule has 118 valence electrons. The zero-order valence-electron chi connectivity index (χ0n) is 13.4. The number of fused-ring (bicyclic) bond motifs is 1. The van der Waals surface area contributed by atoms with Crippen LogP contribution in [0.3, 0.4) is 0 Å². The van der Waals surface area contributed by atoms with Gasteiger partial charge in [0.2, 0.25) is 0 Å². The van der Waals surface area contributed by atoms with Crippen LogP contribution in [0.25, 0.3) is 10.8 Å². The van der Waals surface area contributed by atoms with Crippen LogP contribution in [-0.2, 0) is 12.3 Å². The minimum atomic E-state index is 0.654. The summed E-state index contributed by atoms with van der Waals surface area (Å²) in [4.78, 5) is 0. The topological polar surface area (TPSA) is 30.7 Å². The molecule has 0 unspecified atom stereocenters. The van der Waals surface area contributed by atoms with E-state index in [1.807, 2.05) is 11.8 Å². The molecule has 1 heterocycles. The molecule has 2 aromatic carbocycles. The maximum absolute atomic E-state index is 4.47. The second-order valence-corrected chi connectivity index (χ2v) is 7.14. The third-order valence-corrected chi connectivity index (χ3v) is 5.39. The molecule has 0 amide bonds. The summed E-state index contributed by atoms with van der Waals surface area (Å²) in [6, 6.07) is 15.1. The van der Waals surface area contributed by atoms with Gasteiger partial charge in [-0.2, -0.15) is 0 Å². The lowest BCUT2D eigenvalue weighted by Crippen LogP contribution is -2.04. The van der Waals surface area contributed by atoms with E-state index in [1.165, 1.54) is 35.0 Å². The van der Waals surface area contributed by atoms with E-state index in [9.17, 15) is 0 Å². The first-order valence-electron chi connectivity index (χ1n) is 8.39. The number of benzene rings is 2. The molecule has 0 atom stereocenters. The van der Waals surface area contributed by atoms with E-state index in [0.717, 1.165) is 23.9 Å². The maximum Gasteiger partial charge on any atom is 0.191 e. The predicted molar refractivity (Wildman–Crippen MR) is 95.8 cm³/mol. The highest BCUT2D eigenvalue weighted by atomic mass is 32.2. The van der Waals surface area contributed by atoms with Gasteiger partial charge < -0.3 is 4.57 Å². The molecule has 3 nitrogen and oxygen atoms in total. The van der Waals surface area contributed by atoms with Crippen LogP contribution in [-0.4, -0.2) is 14.8 Å². The van der Waals surface area contributed by atoms with Crippen molar-refractivity contribution < 1.29 is 0 Å². The summed E-state index contributed by atoms with van der Waals surface area (Å²) in [7, 11) is 0. The first kappa shape index (κ1) is 14.8. The molecule has 1 aromatic heterocycles. The molecule has 4 rings (SSSR count). The number of hydrogen-bond acceptors (Lipinski definition) is 3. The van der Waals surface area contributed by atoms with Crippen molar-refractivity contribution in [1.29, 1.82) is 0 Å². The van der Waals surface area contributed by atoms with E-state index in [0.29, 0.717) is 5.92 Å². The molecule has 4 heteroatoms. The fourth-order valence-corrected chi connectivity index (χ4v) is 4.02. The normalized spacial score (nSPS) is 14.5. The summed E-state index contributed by atoms with van der Waals surface area (Å²) in [5, 5.41) is 12.6. The van der Waals surface area contributed by atoms with E-state index in [-0.39, 0.29) is 0 Å². The van der Waals surface area contributed by atoms with Gasteiger partial charge in [0.25, 0.3) is 0 Å². The van der Waals surface area contributed by atoms with Gasteiger partial charge in [0.15, 0.2) is 5.16 Å². The quantitative estimate of drug-likeness (QED) is 0.597. The highest BCUT2D eigenvalue weighted by molar-refractivity contribution is 7.98. The van der Waals surface area contributed by atoms with Crippen molar-refractivity contribution in [1.82, 2.24) is 14.8 Å². The fourth-order valence-electron chi connectivity index (χ4n) is 3.04. The maximum atomic E-state index is 4.47. The van der Waals surface area contributed by atoms with Crippen LogP contribution in [0.1, 0.15) is 43.5 Å². The predicted octanol–water partition coefficient (Wildman–Crippen LogP) is 5.01. The Morgan fingerprint density at radius 3 is 2.74 bits per heavy atom. The Hall–Kier alpha value is -1.81. The smallest absolute Gasteiger partial charge is 0.191 e. The van der Waals surface area contributed by atoms with E-state index in [2.05, 4.69) is 64.2 Å². The van der Waals surface area contributed by atoms with Crippen LogP contribution < -0.4 is 0 Å². The molecule has 0 aliphatic heterocycles. The standard InChI is InChI=1S/C19H21N3S/c1-2-12-22-18(15-10-11-15)20-21-19(22)23-13-16-8-5-7-14-6-3-4-9-17(14)16/h3-9,15H,2,10-13H2,1H3. The molecule has 1 fully saturated rings. The zero-order chi connectivity index (χ0) is 15.6. The van der Waals surface area contributed by atoms with Crippen LogP contribution in [0.4, 0.5) is 0 Å². The van der Waals surface area contributed by atoms with E-state index < -0.39 is 0 Å². The minimum absolute atomic E-state index is 0.654. The van der Waals surface area contributed by atoms with Gasteiger partial charge in [-0.1, -0.05) is 61.2 Å². The van der Waals surface area contributed by atoms with Crippen LogP contribution in [0.2, 0.25) is 0 Å². The summed E-state index contributed by atoms with van der Waals surface area (Å²) in [5.41, 5.74) is 1.37. The van der Waals surface area contributed by atoms with E-state index in [1.54, 1.807) is 0 Å². The monoisotopic (exact) mass is 323 g/mol. The molecule has 1 aliphatic rings. The zero-order valence-corrected chi connectivity index (χ0v) is 14.2. The van der Waals surface area contributed by atoms with Gasteiger partial charge in [-0.05, 0) is 35.6 Å². The van der Waals surface area contributed by atoms with Gasteiger partial charge in [0, 0.05) is 18.2 Å². The Morgan fingerprint density at radius 1 is 1.09 bits per heavy atom. The van der Waals surface area contributed by atoms with Gasteiger partial charge in [-0.3, -0.25) is 0 Å². The Kier molecular flexibility index (Phi) is 4.08. The number of thioether (sulfide) groups is 1. The van der Waals surface area contributed by atoms with Crippen molar-refractivity contribution >= 4 is 22.5 Å². The third kappa shape index (κ3) is 3.00. The van der Waals surface area contributed by atoms with Crippen LogP contribution in [0, 0.1) is 0 Å². The largest absolute Gasteiger partial charge is 0.306 e. The number of rotatable bonds is 6. The third-order valence-electron chi connectivity index (χ3n) is 4.37. The second kappa shape index (κ2) is 6.36. The van der Waals surface area contributed by atoms with Crippen molar-refractivity contribution in [2.45, 2.75) is 49.6 Å².